The number of hydrogen-bond donors (Lipinski definition) is 2. The summed E-state index contributed by atoms with van der Waals surface area (Å²) >= 11 is 0. The number of nitrogens with zero attached hydrogens (tertiary/aromatic N) is 1. The molecule has 1 saturated heterocycles. The lowest BCUT2D eigenvalue weighted by Crippen LogP contribution is -2.55. The highest BCUT2D eigenvalue weighted by Crippen LogP contribution is 2.13. The van der Waals surface area contributed by atoms with Gasteiger partial charge in [-0.05, 0) is 45.0 Å². The predicted molar refractivity (Wildman–Crippen MR) is 89.6 cm³/mol. The van der Waals surface area contributed by atoms with Crippen molar-refractivity contribution in [1.29, 1.82) is 0 Å². The number of carbonyl (C=O) groups is 1. The SMILES string of the molecule is CNS(=O)(=O)c1ccc(CCC(=O)N2C[C@@H](C)N[C@@H](C)C2)cc1. The Hall–Kier alpha value is -1.44. The molecule has 1 aliphatic rings. The number of hydrogen-bond acceptors (Lipinski definition) is 4. The minimum atomic E-state index is -3.41. The Morgan fingerprint density at radius 3 is 2.30 bits per heavy atom. The van der Waals surface area contributed by atoms with Crippen molar-refractivity contribution < 1.29 is 13.2 Å². The predicted octanol–water partition coefficient (Wildman–Crippen LogP) is 0.736. The monoisotopic (exact) mass is 339 g/mol. The Labute approximate surface area is 138 Å². The van der Waals surface area contributed by atoms with E-state index in [0.29, 0.717) is 24.9 Å². The third-order valence-corrected chi connectivity index (χ3v) is 5.47. The van der Waals surface area contributed by atoms with Crippen LogP contribution in [0.25, 0.3) is 0 Å². The number of sulfonamides is 1. The fourth-order valence-electron chi connectivity index (χ4n) is 2.89. The summed E-state index contributed by atoms with van der Waals surface area (Å²) in [6.07, 6.45) is 1.06. The summed E-state index contributed by atoms with van der Waals surface area (Å²) in [5, 5.41) is 3.41. The first-order valence-corrected chi connectivity index (χ1v) is 9.36. The average Bonchev–Trinajstić information content (AvgIpc) is 2.52. The van der Waals surface area contributed by atoms with Gasteiger partial charge in [0.05, 0.1) is 4.90 Å². The van der Waals surface area contributed by atoms with Crippen LogP contribution in [0.2, 0.25) is 0 Å². The third kappa shape index (κ3) is 4.76. The van der Waals surface area contributed by atoms with E-state index in [9.17, 15) is 13.2 Å². The molecule has 23 heavy (non-hydrogen) atoms. The van der Waals surface area contributed by atoms with Crippen LogP contribution >= 0.6 is 0 Å². The molecule has 0 unspecified atom stereocenters. The molecule has 2 rings (SSSR count). The van der Waals surface area contributed by atoms with E-state index >= 15 is 0 Å². The zero-order valence-corrected chi connectivity index (χ0v) is 14.7. The van der Waals surface area contributed by atoms with Gasteiger partial charge in [-0.1, -0.05) is 12.1 Å². The van der Waals surface area contributed by atoms with Crippen molar-refractivity contribution >= 4 is 15.9 Å². The molecule has 0 saturated carbocycles. The molecule has 2 N–H and O–H groups in total. The molecule has 0 aliphatic carbocycles. The number of piperazine rings is 1. The molecule has 1 heterocycles. The van der Waals surface area contributed by atoms with Gasteiger partial charge < -0.3 is 10.2 Å². The molecule has 0 spiro atoms. The lowest BCUT2D eigenvalue weighted by Gasteiger charge is -2.36. The maximum Gasteiger partial charge on any atom is 0.240 e. The third-order valence-electron chi connectivity index (χ3n) is 4.04. The Balaban J connectivity index is 1.92. The number of benzene rings is 1. The maximum atomic E-state index is 12.3. The smallest absolute Gasteiger partial charge is 0.240 e. The topological polar surface area (TPSA) is 78.5 Å². The van der Waals surface area contributed by atoms with Gasteiger partial charge in [0.2, 0.25) is 15.9 Å². The number of amides is 1. The maximum absolute atomic E-state index is 12.3. The second kappa shape index (κ2) is 7.42. The number of carbonyl (C=O) groups excluding carboxylic acids is 1. The van der Waals surface area contributed by atoms with Crippen molar-refractivity contribution in [1.82, 2.24) is 14.9 Å². The van der Waals surface area contributed by atoms with Gasteiger partial charge in [-0.2, -0.15) is 0 Å². The van der Waals surface area contributed by atoms with Crippen LogP contribution in [0, 0.1) is 0 Å². The minimum absolute atomic E-state index is 0.150. The van der Waals surface area contributed by atoms with Gasteiger partial charge in [0.25, 0.3) is 0 Å². The highest BCUT2D eigenvalue weighted by Gasteiger charge is 2.24. The Morgan fingerprint density at radius 1 is 1.22 bits per heavy atom. The first-order valence-electron chi connectivity index (χ1n) is 7.88. The summed E-state index contributed by atoms with van der Waals surface area (Å²) in [7, 11) is -2.02. The summed E-state index contributed by atoms with van der Waals surface area (Å²) in [5.41, 5.74) is 0.963. The molecule has 0 bridgehead atoms. The first kappa shape index (κ1) is 17.9. The fourth-order valence-corrected chi connectivity index (χ4v) is 3.62. The molecule has 128 valence electrons. The normalized spacial score (nSPS) is 22.1. The van der Waals surface area contributed by atoms with Crippen molar-refractivity contribution in [2.45, 2.75) is 43.7 Å². The zero-order chi connectivity index (χ0) is 17.0. The average molecular weight is 339 g/mol. The van der Waals surface area contributed by atoms with Gasteiger partial charge in [0, 0.05) is 31.6 Å². The van der Waals surface area contributed by atoms with E-state index in [0.717, 1.165) is 18.7 Å². The van der Waals surface area contributed by atoms with Crippen LogP contribution in [0.15, 0.2) is 29.2 Å². The molecule has 1 fully saturated rings. The van der Waals surface area contributed by atoms with Gasteiger partial charge in [0.1, 0.15) is 0 Å². The Kier molecular flexibility index (Phi) is 5.78. The van der Waals surface area contributed by atoms with Crippen molar-refractivity contribution in [2.75, 3.05) is 20.1 Å². The van der Waals surface area contributed by atoms with E-state index in [4.69, 9.17) is 0 Å². The molecule has 1 aliphatic heterocycles. The van der Waals surface area contributed by atoms with Crippen molar-refractivity contribution in [2.24, 2.45) is 0 Å². The number of rotatable bonds is 5. The first-order chi connectivity index (χ1) is 10.8. The molecular weight excluding hydrogens is 314 g/mol. The van der Waals surface area contributed by atoms with Crippen LogP contribution in [0.3, 0.4) is 0 Å². The second-order valence-electron chi connectivity index (χ2n) is 6.12. The van der Waals surface area contributed by atoms with Crippen LogP contribution in [-0.2, 0) is 21.2 Å². The standard InChI is InChI=1S/C16H25N3O3S/c1-12-10-19(11-13(2)18-12)16(20)9-6-14-4-7-15(8-5-14)23(21,22)17-3/h4-5,7-8,12-13,17-18H,6,9-11H2,1-3H3/t12-,13+. The van der Waals surface area contributed by atoms with E-state index in [2.05, 4.69) is 23.9 Å². The van der Waals surface area contributed by atoms with Gasteiger partial charge in [-0.25, -0.2) is 13.1 Å². The Morgan fingerprint density at radius 2 is 1.78 bits per heavy atom. The second-order valence-corrected chi connectivity index (χ2v) is 8.01. The molecule has 7 heteroatoms. The summed E-state index contributed by atoms with van der Waals surface area (Å²) in [6.45, 7) is 5.64. The van der Waals surface area contributed by atoms with Gasteiger partial charge in [0.15, 0.2) is 0 Å². The molecule has 6 nitrogen and oxygen atoms in total. The van der Waals surface area contributed by atoms with Crippen LogP contribution in [0.1, 0.15) is 25.8 Å². The molecule has 0 aromatic heterocycles. The molecule has 1 aromatic rings. The van der Waals surface area contributed by atoms with E-state index in [1.54, 1.807) is 24.3 Å². The molecule has 1 aromatic carbocycles. The summed E-state index contributed by atoms with van der Waals surface area (Å²) in [5.74, 6) is 0.150. The number of aryl methyl sites for hydroxylation is 1. The van der Waals surface area contributed by atoms with E-state index < -0.39 is 10.0 Å². The van der Waals surface area contributed by atoms with Crippen molar-refractivity contribution in [3.63, 3.8) is 0 Å². The molecule has 0 radical (unpaired) electrons. The zero-order valence-electron chi connectivity index (χ0n) is 13.9. The summed E-state index contributed by atoms with van der Waals surface area (Å²) in [4.78, 5) is 14.5. The van der Waals surface area contributed by atoms with Crippen molar-refractivity contribution in [3.05, 3.63) is 29.8 Å². The van der Waals surface area contributed by atoms with E-state index in [-0.39, 0.29) is 10.8 Å². The van der Waals surface area contributed by atoms with E-state index in [1.165, 1.54) is 7.05 Å². The van der Waals surface area contributed by atoms with Gasteiger partial charge in [-0.15, -0.1) is 0 Å². The van der Waals surface area contributed by atoms with Crippen LogP contribution in [-0.4, -0.2) is 51.4 Å². The van der Waals surface area contributed by atoms with Gasteiger partial charge in [-0.3, -0.25) is 4.79 Å². The largest absolute Gasteiger partial charge is 0.340 e. The Bertz CT molecular complexity index is 633. The van der Waals surface area contributed by atoms with Crippen LogP contribution in [0.4, 0.5) is 0 Å². The lowest BCUT2D eigenvalue weighted by atomic mass is 10.1. The van der Waals surface area contributed by atoms with Gasteiger partial charge >= 0.3 is 0 Å². The van der Waals surface area contributed by atoms with Crippen molar-refractivity contribution in [3.8, 4) is 0 Å². The molecule has 2 atom stereocenters. The number of nitrogens with one attached hydrogen (secondary N) is 2. The highest BCUT2D eigenvalue weighted by atomic mass is 32.2. The molecule has 1 amide bonds. The van der Waals surface area contributed by atoms with E-state index in [1.807, 2.05) is 4.90 Å². The lowest BCUT2D eigenvalue weighted by molar-refractivity contribution is -0.132. The minimum Gasteiger partial charge on any atom is -0.340 e. The van der Waals surface area contributed by atoms with Crippen LogP contribution < -0.4 is 10.0 Å². The summed E-state index contributed by atoms with van der Waals surface area (Å²) in [6, 6.07) is 7.30. The fraction of sp³-hybridized carbons (Fsp3) is 0.562. The molecular formula is C16H25N3O3S. The highest BCUT2D eigenvalue weighted by molar-refractivity contribution is 7.89. The summed E-state index contributed by atoms with van der Waals surface area (Å²) < 4.78 is 25.6. The quantitative estimate of drug-likeness (QED) is 0.829. The van der Waals surface area contributed by atoms with Crippen LogP contribution in [0.5, 0.6) is 0 Å².